The number of aromatic nitrogens is 3. The van der Waals surface area contributed by atoms with Crippen molar-refractivity contribution >= 4 is 5.91 Å². The monoisotopic (exact) mass is 324 g/mol. The molecule has 0 aliphatic carbocycles. The number of carbonyl (C=O) groups is 1. The van der Waals surface area contributed by atoms with E-state index in [1.165, 1.54) is 11.1 Å². The number of nitrogens with zero attached hydrogens (tertiary/aromatic N) is 4. The van der Waals surface area contributed by atoms with Gasteiger partial charge in [-0.25, -0.2) is 0 Å². The summed E-state index contributed by atoms with van der Waals surface area (Å²) in [7, 11) is 0. The quantitative estimate of drug-likeness (QED) is 0.869. The maximum absolute atomic E-state index is 12.8. The minimum Gasteiger partial charge on any atom is -0.337 e. The second-order valence-electron chi connectivity index (χ2n) is 7.09. The molecule has 1 aromatic heterocycles. The highest BCUT2D eigenvalue weighted by atomic mass is 16.2. The molecule has 3 heterocycles. The van der Waals surface area contributed by atoms with Gasteiger partial charge in [-0.05, 0) is 50.2 Å². The second kappa shape index (κ2) is 6.38. The molecule has 2 fully saturated rings. The van der Waals surface area contributed by atoms with E-state index in [0.717, 1.165) is 32.1 Å². The number of fused-ring (bicyclic) bond motifs is 2. The Morgan fingerprint density at radius 1 is 1.08 bits per heavy atom. The molecular weight excluding hydrogens is 300 g/mol. The number of hydrogen-bond donors (Lipinski definition) is 0. The van der Waals surface area contributed by atoms with Crippen LogP contribution in [0, 0.1) is 6.92 Å². The number of amides is 1. The molecule has 0 N–H and O–H groups in total. The van der Waals surface area contributed by atoms with Gasteiger partial charge in [-0.1, -0.05) is 24.3 Å². The largest absolute Gasteiger partial charge is 0.337 e. The maximum Gasteiger partial charge on any atom is 0.223 e. The minimum atomic E-state index is 0.317. The van der Waals surface area contributed by atoms with E-state index >= 15 is 0 Å². The van der Waals surface area contributed by atoms with Crippen LogP contribution in [0.25, 0.3) is 0 Å². The van der Waals surface area contributed by atoms with Gasteiger partial charge in [-0.3, -0.25) is 4.79 Å². The Hall–Kier alpha value is -2.17. The molecule has 2 bridgehead atoms. The van der Waals surface area contributed by atoms with Gasteiger partial charge >= 0.3 is 0 Å². The average Bonchev–Trinajstić information content (AvgIpc) is 3.21. The lowest BCUT2D eigenvalue weighted by atomic mass is 9.96. The Bertz CT molecular complexity index is 698. The van der Waals surface area contributed by atoms with Crippen LogP contribution >= 0.6 is 0 Å². The Kier molecular flexibility index (Phi) is 4.08. The van der Waals surface area contributed by atoms with Crippen molar-refractivity contribution in [3.8, 4) is 0 Å². The lowest BCUT2D eigenvalue weighted by molar-refractivity contribution is -0.136. The summed E-state index contributed by atoms with van der Waals surface area (Å²) in [6.45, 7) is 2.12. The standard InChI is InChI=1S/C19H24N4O/c1-14-4-2-3-5-15(14)6-9-19(24)22-16-7-8-17(22)13-18(12-16)23-20-10-11-21-23/h2-5,10-11,16-18H,6-9,12-13H2,1H3/t16-,17-/m0/s1. The lowest BCUT2D eigenvalue weighted by Crippen LogP contribution is -2.47. The molecule has 4 rings (SSSR count). The van der Waals surface area contributed by atoms with E-state index in [1.807, 2.05) is 4.80 Å². The Labute approximate surface area is 142 Å². The first-order valence-electron chi connectivity index (χ1n) is 8.94. The summed E-state index contributed by atoms with van der Waals surface area (Å²) in [6, 6.07) is 9.43. The highest BCUT2D eigenvalue weighted by molar-refractivity contribution is 5.77. The molecular formula is C19H24N4O. The van der Waals surface area contributed by atoms with E-state index in [9.17, 15) is 4.79 Å². The summed E-state index contributed by atoms with van der Waals surface area (Å²) in [6.07, 6.45) is 9.15. The van der Waals surface area contributed by atoms with Gasteiger partial charge in [0.15, 0.2) is 0 Å². The molecule has 0 unspecified atom stereocenters. The fourth-order valence-corrected chi connectivity index (χ4v) is 4.42. The summed E-state index contributed by atoms with van der Waals surface area (Å²) in [5.74, 6) is 0.317. The minimum absolute atomic E-state index is 0.317. The Morgan fingerprint density at radius 2 is 1.75 bits per heavy atom. The van der Waals surface area contributed by atoms with E-state index in [0.29, 0.717) is 30.5 Å². The average molecular weight is 324 g/mol. The Balaban J connectivity index is 1.40. The van der Waals surface area contributed by atoms with Crippen LogP contribution in [-0.4, -0.2) is 37.9 Å². The van der Waals surface area contributed by atoms with Gasteiger partial charge in [-0.15, -0.1) is 0 Å². The summed E-state index contributed by atoms with van der Waals surface area (Å²) in [5.41, 5.74) is 2.56. The number of aryl methyl sites for hydroxylation is 2. The van der Waals surface area contributed by atoms with Crippen LogP contribution in [0.2, 0.25) is 0 Å². The third kappa shape index (κ3) is 2.83. The molecule has 1 amide bonds. The van der Waals surface area contributed by atoms with Crippen molar-refractivity contribution in [1.82, 2.24) is 19.9 Å². The molecule has 2 aliphatic rings. The first-order valence-corrected chi connectivity index (χ1v) is 8.94. The zero-order valence-electron chi connectivity index (χ0n) is 14.1. The normalized spacial score (nSPS) is 25.9. The zero-order valence-corrected chi connectivity index (χ0v) is 14.1. The predicted octanol–water partition coefficient (Wildman–Crippen LogP) is 2.91. The van der Waals surface area contributed by atoms with E-state index in [4.69, 9.17) is 0 Å². The van der Waals surface area contributed by atoms with Gasteiger partial charge in [0.2, 0.25) is 5.91 Å². The molecule has 0 radical (unpaired) electrons. The molecule has 24 heavy (non-hydrogen) atoms. The second-order valence-corrected chi connectivity index (χ2v) is 7.09. The SMILES string of the molecule is Cc1ccccc1CCC(=O)N1[C@H]2CC[C@H]1CC(n1nccn1)C2. The predicted molar refractivity (Wildman–Crippen MR) is 91.4 cm³/mol. The molecule has 0 saturated carbocycles. The smallest absolute Gasteiger partial charge is 0.223 e. The van der Waals surface area contributed by atoms with Gasteiger partial charge in [0.1, 0.15) is 0 Å². The molecule has 5 nitrogen and oxygen atoms in total. The summed E-state index contributed by atoms with van der Waals surface area (Å²) in [4.78, 5) is 16.8. The number of benzene rings is 1. The van der Waals surface area contributed by atoms with Crippen molar-refractivity contribution in [3.63, 3.8) is 0 Å². The van der Waals surface area contributed by atoms with E-state index in [-0.39, 0.29) is 0 Å². The van der Waals surface area contributed by atoms with E-state index < -0.39 is 0 Å². The highest BCUT2D eigenvalue weighted by Crippen LogP contribution is 2.40. The van der Waals surface area contributed by atoms with E-state index in [2.05, 4.69) is 46.3 Å². The topological polar surface area (TPSA) is 51.0 Å². The van der Waals surface area contributed by atoms with Crippen LogP contribution in [0.4, 0.5) is 0 Å². The molecule has 2 aromatic rings. The van der Waals surface area contributed by atoms with Crippen molar-refractivity contribution in [1.29, 1.82) is 0 Å². The molecule has 2 saturated heterocycles. The molecule has 5 heteroatoms. The van der Waals surface area contributed by atoms with Gasteiger partial charge in [-0.2, -0.15) is 15.0 Å². The van der Waals surface area contributed by atoms with Crippen molar-refractivity contribution < 1.29 is 4.79 Å². The van der Waals surface area contributed by atoms with Crippen LogP contribution in [0.15, 0.2) is 36.7 Å². The Morgan fingerprint density at radius 3 is 2.42 bits per heavy atom. The number of hydrogen-bond acceptors (Lipinski definition) is 3. The van der Waals surface area contributed by atoms with Gasteiger partial charge < -0.3 is 4.90 Å². The zero-order chi connectivity index (χ0) is 16.5. The number of carbonyl (C=O) groups excluding carboxylic acids is 1. The molecule has 126 valence electrons. The lowest BCUT2D eigenvalue weighted by Gasteiger charge is -2.38. The molecule has 2 aliphatic heterocycles. The molecule has 1 aromatic carbocycles. The number of piperidine rings is 1. The summed E-state index contributed by atoms with van der Waals surface area (Å²) in [5, 5.41) is 8.59. The maximum atomic E-state index is 12.8. The van der Waals surface area contributed by atoms with Crippen molar-refractivity contribution in [2.45, 2.75) is 63.6 Å². The fourth-order valence-electron chi connectivity index (χ4n) is 4.42. The van der Waals surface area contributed by atoms with Crippen LogP contribution in [0.5, 0.6) is 0 Å². The van der Waals surface area contributed by atoms with Gasteiger partial charge in [0.25, 0.3) is 0 Å². The van der Waals surface area contributed by atoms with Crippen LogP contribution in [0.3, 0.4) is 0 Å². The first-order chi connectivity index (χ1) is 11.7. The van der Waals surface area contributed by atoms with Crippen molar-refractivity contribution in [2.24, 2.45) is 0 Å². The fraction of sp³-hybridized carbons (Fsp3) is 0.526. The van der Waals surface area contributed by atoms with Crippen molar-refractivity contribution in [3.05, 3.63) is 47.8 Å². The molecule has 0 spiro atoms. The third-order valence-corrected chi connectivity index (χ3v) is 5.63. The van der Waals surface area contributed by atoms with Crippen LogP contribution in [-0.2, 0) is 11.2 Å². The highest BCUT2D eigenvalue weighted by Gasteiger charge is 2.43. The summed E-state index contributed by atoms with van der Waals surface area (Å²) < 4.78 is 0. The number of rotatable bonds is 4. The van der Waals surface area contributed by atoms with Gasteiger partial charge in [0.05, 0.1) is 18.4 Å². The summed E-state index contributed by atoms with van der Waals surface area (Å²) >= 11 is 0. The third-order valence-electron chi connectivity index (χ3n) is 5.63. The van der Waals surface area contributed by atoms with Crippen LogP contribution in [0.1, 0.15) is 49.3 Å². The van der Waals surface area contributed by atoms with Crippen LogP contribution < -0.4 is 0 Å². The molecule has 2 atom stereocenters. The first kappa shape index (κ1) is 15.4. The van der Waals surface area contributed by atoms with E-state index in [1.54, 1.807) is 12.4 Å². The van der Waals surface area contributed by atoms with Gasteiger partial charge in [0, 0.05) is 18.5 Å². The van der Waals surface area contributed by atoms with Crippen molar-refractivity contribution in [2.75, 3.05) is 0 Å².